The molecule has 0 aromatic heterocycles. The van der Waals surface area contributed by atoms with Gasteiger partial charge in [0.1, 0.15) is 0 Å². The summed E-state index contributed by atoms with van der Waals surface area (Å²) in [4.78, 5) is 0. The standard InChI is InChI=1S/C12H25Br.C9H12/c1-2-3-4-5-6-7-8-9-10-11-12-13;1-8(2)9-6-4-3-5-7-9/h2-12H2,1H3;3-8H,1-2H3. The van der Waals surface area contributed by atoms with Crippen LogP contribution in [0.2, 0.25) is 0 Å². The number of halogens is 1. The van der Waals surface area contributed by atoms with E-state index in [-0.39, 0.29) is 0 Å². The zero-order valence-corrected chi connectivity index (χ0v) is 16.7. The highest BCUT2D eigenvalue weighted by Gasteiger charge is 1.93. The molecule has 128 valence electrons. The molecule has 1 rings (SSSR count). The van der Waals surface area contributed by atoms with Crippen LogP contribution >= 0.6 is 15.9 Å². The second-order valence-electron chi connectivity index (χ2n) is 6.44. The van der Waals surface area contributed by atoms with E-state index in [0.29, 0.717) is 5.92 Å². The third kappa shape index (κ3) is 14.6. The van der Waals surface area contributed by atoms with E-state index in [4.69, 9.17) is 0 Å². The molecule has 0 nitrogen and oxygen atoms in total. The Labute approximate surface area is 148 Å². The summed E-state index contributed by atoms with van der Waals surface area (Å²) in [6.45, 7) is 6.69. The summed E-state index contributed by atoms with van der Waals surface area (Å²) in [5, 5.41) is 1.18. The van der Waals surface area contributed by atoms with Gasteiger partial charge in [-0.1, -0.05) is 125 Å². The lowest BCUT2D eigenvalue weighted by Gasteiger charge is -2.01. The van der Waals surface area contributed by atoms with Crippen molar-refractivity contribution >= 4 is 15.9 Å². The van der Waals surface area contributed by atoms with Gasteiger partial charge < -0.3 is 0 Å². The zero-order valence-electron chi connectivity index (χ0n) is 15.1. The summed E-state index contributed by atoms with van der Waals surface area (Å²) in [6, 6.07) is 10.5. The molecule has 0 saturated heterocycles. The molecule has 0 bridgehead atoms. The zero-order chi connectivity index (χ0) is 16.5. The molecule has 0 unspecified atom stereocenters. The van der Waals surface area contributed by atoms with E-state index in [2.05, 4.69) is 61.0 Å². The second kappa shape index (κ2) is 17.1. The van der Waals surface area contributed by atoms with Crippen molar-refractivity contribution in [1.29, 1.82) is 0 Å². The maximum atomic E-state index is 3.46. The molecule has 0 fully saturated rings. The molecular weight excluding hydrogens is 332 g/mol. The topological polar surface area (TPSA) is 0 Å². The average Bonchev–Trinajstić information content (AvgIpc) is 2.55. The van der Waals surface area contributed by atoms with E-state index in [9.17, 15) is 0 Å². The minimum Gasteiger partial charge on any atom is -0.0928 e. The van der Waals surface area contributed by atoms with Crippen LogP contribution in [-0.4, -0.2) is 5.33 Å². The number of hydrogen-bond acceptors (Lipinski definition) is 0. The summed E-state index contributed by atoms with van der Waals surface area (Å²) >= 11 is 3.46. The van der Waals surface area contributed by atoms with Gasteiger partial charge in [-0.05, 0) is 17.9 Å². The Hall–Kier alpha value is -0.300. The first kappa shape index (κ1) is 21.7. The van der Waals surface area contributed by atoms with Gasteiger partial charge in [0.25, 0.3) is 0 Å². The third-order valence-electron chi connectivity index (χ3n) is 3.95. The van der Waals surface area contributed by atoms with Crippen molar-refractivity contribution in [2.75, 3.05) is 5.33 Å². The number of unbranched alkanes of at least 4 members (excludes halogenated alkanes) is 9. The lowest BCUT2D eigenvalue weighted by atomic mass is 10.0. The largest absolute Gasteiger partial charge is 0.0928 e. The summed E-state index contributed by atoms with van der Waals surface area (Å²) in [5.41, 5.74) is 1.41. The summed E-state index contributed by atoms with van der Waals surface area (Å²) in [5.74, 6) is 0.659. The quantitative estimate of drug-likeness (QED) is 0.273. The first-order chi connectivity index (χ1) is 10.7. The maximum absolute atomic E-state index is 3.46. The first-order valence-electron chi connectivity index (χ1n) is 9.33. The summed E-state index contributed by atoms with van der Waals surface area (Å²) in [7, 11) is 0. The second-order valence-corrected chi connectivity index (χ2v) is 7.23. The van der Waals surface area contributed by atoms with Crippen LogP contribution in [0.4, 0.5) is 0 Å². The fourth-order valence-corrected chi connectivity index (χ4v) is 2.82. The molecule has 0 heterocycles. The Kier molecular flexibility index (Phi) is 16.8. The molecule has 0 radical (unpaired) electrons. The van der Waals surface area contributed by atoms with Gasteiger partial charge in [-0.25, -0.2) is 0 Å². The SMILES string of the molecule is CC(C)c1ccccc1.CCCCCCCCCCCCBr. The maximum Gasteiger partial charge on any atom is 0.00313 e. The number of hydrogen-bond donors (Lipinski definition) is 0. The molecule has 0 aliphatic rings. The lowest BCUT2D eigenvalue weighted by molar-refractivity contribution is 0.563. The van der Waals surface area contributed by atoms with Gasteiger partial charge in [0, 0.05) is 5.33 Å². The predicted octanol–water partition coefficient (Wildman–Crippen LogP) is 8.11. The van der Waals surface area contributed by atoms with Crippen LogP contribution in [0.3, 0.4) is 0 Å². The number of benzene rings is 1. The van der Waals surface area contributed by atoms with E-state index in [0.717, 1.165) is 0 Å². The van der Waals surface area contributed by atoms with E-state index in [1.54, 1.807) is 0 Å². The number of rotatable bonds is 11. The normalized spacial score (nSPS) is 10.4. The van der Waals surface area contributed by atoms with Crippen molar-refractivity contribution in [3.05, 3.63) is 35.9 Å². The van der Waals surface area contributed by atoms with Gasteiger partial charge in [-0.3, -0.25) is 0 Å². The predicted molar refractivity (Wildman–Crippen MR) is 106 cm³/mol. The van der Waals surface area contributed by atoms with Crippen LogP contribution in [0.15, 0.2) is 30.3 Å². The van der Waals surface area contributed by atoms with Crippen LogP contribution in [0.1, 0.15) is 96.5 Å². The molecule has 0 aliphatic carbocycles. The van der Waals surface area contributed by atoms with Crippen LogP contribution in [-0.2, 0) is 0 Å². The molecule has 0 saturated carbocycles. The smallest absolute Gasteiger partial charge is 0.00313 e. The van der Waals surface area contributed by atoms with Crippen molar-refractivity contribution in [2.45, 2.75) is 90.9 Å². The molecule has 0 N–H and O–H groups in total. The molecule has 1 aromatic carbocycles. The third-order valence-corrected chi connectivity index (χ3v) is 4.51. The van der Waals surface area contributed by atoms with Gasteiger partial charge in [0.05, 0.1) is 0 Å². The molecule has 0 aliphatic heterocycles. The van der Waals surface area contributed by atoms with Crippen molar-refractivity contribution in [1.82, 2.24) is 0 Å². The lowest BCUT2D eigenvalue weighted by Crippen LogP contribution is -1.83. The Bertz CT molecular complexity index is 295. The Morgan fingerprint density at radius 3 is 1.55 bits per heavy atom. The first-order valence-corrected chi connectivity index (χ1v) is 10.4. The Morgan fingerprint density at radius 2 is 1.18 bits per heavy atom. The fourth-order valence-electron chi connectivity index (χ4n) is 2.42. The Morgan fingerprint density at radius 1 is 0.727 bits per heavy atom. The highest BCUT2D eigenvalue weighted by atomic mass is 79.9. The Balaban J connectivity index is 0.000000425. The molecular formula is C21H37Br. The molecule has 1 heteroatoms. The monoisotopic (exact) mass is 368 g/mol. The van der Waals surface area contributed by atoms with E-state index in [1.165, 1.54) is 75.1 Å². The van der Waals surface area contributed by atoms with E-state index < -0.39 is 0 Å². The van der Waals surface area contributed by atoms with E-state index in [1.807, 2.05) is 6.07 Å². The van der Waals surface area contributed by atoms with E-state index >= 15 is 0 Å². The van der Waals surface area contributed by atoms with Crippen molar-refractivity contribution in [3.63, 3.8) is 0 Å². The van der Waals surface area contributed by atoms with Gasteiger partial charge in [0.2, 0.25) is 0 Å². The molecule has 0 spiro atoms. The molecule has 0 amide bonds. The van der Waals surface area contributed by atoms with Crippen LogP contribution in [0.25, 0.3) is 0 Å². The molecule has 22 heavy (non-hydrogen) atoms. The van der Waals surface area contributed by atoms with Gasteiger partial charge in [-0.15, -0.1) is 0 Å². The summed E-state index contributed by atoms with van der Waals surface area (Å²) in [6.07, 6.45) is 14.3. The van der Waals surface area contributed by atoms with Gasteiger partial charge in [-0.2, -0.15) is 0 Å². The van der Waals surface area contributed by atoms with Crippen molar-refractivity contribution in [2.24, 2.45) is 0 Å². The van der Waals surface area contributed by atoms with Crippen molar-refractivity contribution < 1.29 is 0 Å². The van der Waals surface area contributed by atoms with Gasteiger partial charge >= 0.3 is 0 Å². The number of alkyl halides is 1. The molecule has 0 atom stereocenters. The highest BCUT2D eigenvalue weighted by Crippen LogP contribution is 2.12. The summed E-state index contributed by atoms with van der Waals surface area (Å²) < 4.78 is 0. The van der Waals surface area contributed by atoms with Crippen LogP contribution < -0.4 is 0 Å². The fraction of sp³-hybridized carbons (Fsp3) is 0.714. The van der Waals surface area contributed by atoms with Gasteiger partial charge in [0.15, 0.2) is 0 Å². The van der Waals surface area contributed by atoms with Crippen LogP contribution in [0.5, 0.6) is 0 Å². The van der Waals surface area contributed by atoms with Crippen molar-refractivity contribution in [3.8, 4) is 0 Å². The highest BCUT2D eigenvalue weighted by molar-refractivity contribution is 9.09. The minimum absolute atomic E-state index is 0.659. The minimum atomic E-state index is 0.659. The molecule has 1 aromatic rings. The van der Waals surface area contributed by atoms with Crippen LogP contribution in [0, 0.1) is 0 Å². The average molecular weight is 369 g/mol.